The number of hydrogen-bond acceptors (Lipinski definition) is 7. The minimum atomic E-state index is -1.05. The predicted molar refractivity (Wildman–Crippen MR) is 166 cm³/mol. The maximum absolute atomic E-state index is 13.4. The summed E-state index contributed by atoms with van der Waals surface area (Å²) in [5.74, 6) is -2.16. The van der Waals surface area contributed by atoms with Gasteiger partial charge in [-0.3, -0.25) is 9.59 Å². The van der Waals surface area contributed by atoms with Gasteiger partial charge < -0.3 is 30.5 Å². The first kappa shape index (κ1) is 34.1. The highest BCUT2D eigenvalue weighted by Crippen LogP contribution is 2.29. The van der Waals surface area contributed by atoms with E-state index in [0.717, 1.165) is 18.4 Å². The van der Waals surface area contributed by atoms with E-state index in [4.69, 9.17) is 9.47 Å². The van der Waals surface area contributed by atoms with Crippen molar-refractivity contribution in [2.24, 2.45) is 5.92 Å². The molecule has 1 aliphatic rings. The zero-order valence-electron chi connectivity index (χ0n) is 25.0. The molecular weight excluding hydrogens is 562 g/mol. The van der Waals surface area contributed by atoms with Crippen molar-refractivity contribution in [3.63, 3.8) is 0 Å². The Balaban J connectivity index is 1.63. The minimum absolute atomic E-state index is 0.0372. The summed E-state index contributed by atoms with van der Waals surface area (Å²) in [6, 6.07) is 16.4. The summed E-state index contributed by atoms with van der Waals surface area (Å²) in [5.41, 5.74) is 0.846. The molecule has 3 amide bonds. The van der Waals surface area contributed by atoms with Crippen molar-refractivity contribution >= 4 is 23.9 Å². The third-order valence-corrected chi connectivity index (χ3v) is 7.62. The topological polar surface area (TPSA) is 143 Å². The van der Waals surface area contributed by atoms with Crippen molar-refractivity contribution in [2.75, 3.05) is 13.2 Å². The third-order valence-electron chi connectivity index (χ3n) is 7.62. The zero-order chi connectivity index (χ0) is 31.8. The fourth-order valence-electron chi connectivity index (χ4n) is 5.18. The van der Waals surface area contributed by atoms with Gasteiger partial charge in [-0.05, 0) is 36.8 Å². The Morgan fingerprint density at radius 3 is 2.14 bits per heavy atom. The minimum Gasteiger partial charge on any atom is -0.462 e. The molecule has 0 aliphatic heterocycles. The van der Waals surface area contributed by atoms with Gasteiger partial charge in [0.1, 0.15) is 19.3 Å². The Kier molecular flexibility index (Phi) is 13.6. The number of ether oxygens (including phenoxy) is 2. The molecule has 10 nitrogen and oxygen atoms in total. The molecule has 236 valence electrons. The van der Waals surface area contributed by atoms with E-state index in [1.165, 1.54) is 6.08 Å². The van der Waals surface area contributed by atoms with Crippen molar-refractivity contribution in [1.82, 2.24) is 16.0 Å². The van der Waals surface area contributed by atoms with Crippen LogP contribution in [0.3, 0.4) is 0 Å². The molecule has 0 bridgehead atoms. The first-order valence-corrected chi connectivity index (χ1v) is 14.9. The summed E-state index contributed by atoms with van der Waals surface area (Å²) in [6.07, 6.45) is 5.79. The molecule has 3 rings (SSSR count). The highest BCUT2D eigenvalue weighted by Gasteiger charge is 2.35. The fraction of sp³-hybridized carbons (Fsp3) is 0.412. The van der Waals surface area contributed by atoms with E-state index in [-0.39, 0.29) is 45.0 Å². The van der Waals surface area contributed by atoms with Crippen LogP contribution in [0.25, 0.3) is 0 Å². The first-order valence-electron chi connectivity index (χ1n) is 14.9. The van der Waals surface area contributed by atoms with Crippen LogP contribution in [-0.4, -0.2) is 53.8 Å². The largest absolute Gasteiger partial charge is 0.462 e. The van der Waals surface area contributed by atoms with Crippen LogP contribution in [0.15, 0.2) is 86.0 Å². The smallest absolute Gasteiger partial charge is 0.408 e. The normalized spacial score (nSPS) is 15.6. The number of alkyl carbamates (subject to hydrolysis) is 1. The van der Waals surface area contributed by atoms with Crippen molar-refractivity contribution in [2.45, 2.75) is 69.2 Å². The molecule has 1 saturated carbocycles. The van der Waals surface area contributed by atoms with Crippen LogP contribution in [0, 0.1) is 5.92 Å². The first-order chi connectivity index (χ1) is 21.3. The van der Waals surface area contributed by atoms with Crippen LogP contribution in [0.2, 0.25) is 0 Å². The van der Waals surface area contributed by atoms with Crippen LogP contribution in [0.4, 0.5) is 4.79 Å². The van der Waals surface area contributed by atoms with E-state index in [0.29, 0.717) is 18.4 Å². The molecular formula is C34H43N3O7. The Morgan fingerprint density at radius 2 is 1.52 bits per heavy atom. The summed E-state index contributed by atoms with van der Waals surface area (Å²) < 4.78 is 10.8. The lowest BCUT2D eigenvalue weighted by Crippen LogP contribution is -2.50. The summed E-state index contributed by atoms with van der Waals surface area (Å²) in [5, 5.41) is 18.3. The predicted octanol–water partition coefficient (Wildman–Crippen LogP) is 4.26. The summed E-state index contributed by atoms with van der Waals surface area (Å²) in [4.78, 5) is 51.8. The molecule has 10 heteroatoms. The van der Waals surface area contributed by atoms with E-state index in [2.05, 4.69) is 29.1 Å². The third kappa shape index (κ3) is 10.7. The van der Waals surface area contributed by atoms with Crippen LogP contribution in [0.1, 0.15) is 62.1 Å². The number of carbonyl (C=O) groups is 4. The van der Waals surface area contributed by atoms with Gasteiger partial charge in [-0.1, -0.05) is 85.7 Å². The highest BCUT2D eigenvalue weighted by atomic mass is 16.6. The summed E-state index contributed by atoms with van der Waals surface area (Å²) >= 11 is 0. The molecule has 3 atom stereocenters. The molecule has 4 N–H and O–H groups in total. The number of carbonyl (C=O) groups excluding carboxylic acids is 4. The van der Waals surface area contributed by atoms with Gasteiger partial charge in [-0.2, -0.15) is 0 Å². The van der Waals surface area contributed by atoms with Crippen molar-refractivity contribution in [3.05, 3.63) is 97.1 Å². The second-order valence-corrected chi connectivity index (χ2v) is 11.0. The van der Waals surface area contributed by atoms with Gasteiger partial charge in [0.25, 0.3) is 0 Å². The van der Waals surface area contributed by atoms with E-state index in [1.807, 2.05) is 36.4 Å². The van der Waals surface area contributed by atoms with Crippen LogP contribution in [0.5, 0.6) is 0 Å². The van der Waals surface area contributed by atoms with Gasteiger partial charge >= 0.3 is 12.1 Å². The number of nitrogens with one attached hydrogen (secondary N) is 3. The average molecular weight is 606 g/mol. The summed E-state index contributed by atoms with van der Waals surface area (Å²) in [6.45, 7) is 7.06. The molecule has 1 fully saturated rings. The molecule has 2 aromatic carbocycles. The number of benzene rings is 2. The van der Waals surface area contributed by atoms with Gasteiger partial charge in [-0.15, -0.1) is 13.2 Å². The average Bonchev–Trinajstić information content (AvgIpc) is 3.51. The van der Waals surface area contributed by atoms with E-state index >= 15 is 0 Å². The molecule has 1 aliphatic carbocycles. The number of esters is 1. The Morgan fingerprint density at radius 1 is 0.886 bits per heavy atom. The van der Waals surface area contributed by atoms with Crippen molar-refractivity contribution in [1.29, 1.82) is 0 Å². The second kappa shape index (κ2) is 17.6. The van der Waals surface area contributed by atoms with Crippen LogP contribution < -0.4 is 16.0 Å². The number of rotatable bonds is 17. The quantitative estimate of drug-likeness (QED) is 0.156. The Labute approximate surface area is 258 Å². The lowest BCUT2D eigenvalue weighted by Gasteiger charge is -2.29. The molecule has 0 aromatic heterocycles. The number of amides is 3. The van der Waals surface area contributed by atoms with E-state index in [1.54, 1.807) is 30.3 Å². The molecule has 0 spiro atoms. The molecule has 0 radical (unpaired) electrons. The van der Waals surface area contributed by atoms with Crippen LogP contribution >= 0.6 is 0 Å². The SMILES string of the molecule is C=CC[C@H](CC(=O)NC1(CO)CCCC1)C(=O)N[C@H](COC(=O)[C@@H](CC=C)NC(=O)OCc1ccccc1)c1ccccc1. The lowest BCUT2D eigenvalue weighted by atomic mass is 9.95. The zero-order valence-corrected chi connectivity index (χ0v) is 25.0. The van der Waals surface area contributed by atoms with Gasteiger partial charge in [0.15, 0.2) is 0 Å². The molecule has 0 unspecified atom stereocenters. The van der Waals surface area contributed by atoms with E-state index in [9.17, 15) is 24.3 Å². The van der Waals surface area contributed by atoms with Crippen molar-refractivity contribution in [3.8, 4) is 0 Å². The van der Waals surface area contributed by atoms with Crippen molar-refractivity contribution < 1.29 is 33.8 Å². The number of allylic oxidation sites excluding steroid dienone is 1. The standard InChI is InChI=1S/C34H43N3O7/c1-3-13-27(21-30(39)37-34(24-38)19-11-12-20-34)31(40)35-29(26-17-9-6-10-18-26)23-43-32(41)28(14-4-2)36-33(42)44-22-25-15-7-5-8-16-25/h3-10,15-18,27-29,38H,1-2,11-14,19-24H2,(H,35,40)(H,36,42)(H,37,39)/t27-,28-,29-/m1/s1. The highest BCUT2D eigenvalue weighted by molar-refractivity contribution is 5.86. The van der Waals surface area contributed by atoms with Gasteiger partial charge in [0.05, 0.1) is 24.1 Å². The maximum Gasteiger partial charge on any atom is 0.408 e. The monoisotopic (exact) mass is 605 g/mol. The van der Waals surface area contributed by atoms with Gasteiger partial charge in [-0.25, -0.2) is 9.59 Å². The molecule has 0 heterocycles. The number of aliphatic hydroxyl groups is 1. The molecule has 0 saturated heterocycles. The Bertz CT molecular complexity index is 1250. The summed E-state index contributed by atoms with van der Waals surface area (Å²) in [7, 11) is 0. The Hall–Kier alpha value is -4.44. The maximum atomic E-state index is 13.4. The van der Waals surface area contributed by atoms with Gasteiger partial charge in [0.2, 0.25) is 11.8 Å². The number of hydrogen-bond donors (Lipinski definition) is 4. The van der Waals surface area contributed by atoms with Crippen LogP contribution in [-0.2, 0) is 30.5 Å². The lowest BCUT2D eigenvalue weighted by molar-refractivity contribution is -0.147. The second-order valence-electron chi connectivity index (χ2n) is 11.0. The number of aliphatic hydroxyl groups excluding tert-OH is 1. The fourth-order valence-corrected chi connectivity index (χ4v) is 5.18. The molecule has 44 heavy (non-hydrogen) atoms. The molecule has 2 aromatic rings. The van der Waals surface area contributed by atoms with E-state index < -0.39 is 41.5 Å². The van der Waals surface area contributed by atoms with Gasteiger partial charge in [0, 0.05) is 6.42 Å².